The first kappa shape index (κ1) is 14.5. The fourth-order valence-corrected chi connectivity index (χ4v) is 3.34. The number of hydrogen-bond donors (Lipinski definition) is 3. The number of fused-ring (bicyclic) bond motifs is 1. The van der Waals surface area contributed by atoms with Crippen molar-refractivity contribution in [1.29, 1.82) is 0 Å². The Labute approximate surface area is 127 Å². The molecule has 2 aromatic rings. The van der Waals surface area contributed by atoms with Crippen LogP contribution in [-0.4, -0.2) is 47.5 Å². The summed E-state index contributed by atoms with van der Waals surface area (Å²) in [4.78, 5) is 11.2. The maximum atomic E-state index is 10.4. The normalized spacial score (nSPS) is 21.9. The maximum absolute atomic E-state index is 10.4. The Morgan fingerprint density at radius 3 is 3.00 bits per heavy atom. The summed E-state index contributed by atoms with van der Waals surface area (Å²) < 4.78 is 5.27. The lowest BCUT2D eigenvalue weighted by molar-refractivity contribution is 0.0381. The number of aliphatic hydroxyl groups is 1. The second-order valence-corrected chi connectivity index (χ2v) is 6.43. The average Bonchev–Trinajstić information content (AvgIpc) is 3.10. The Hall–Kier alpha value is -1.44. The van der Waals surface area contributed by atoms with Gasteiger partial charge in [-0.05, 0) is 12.5 Å². The number of nitrogens with zero attached hydrogens (tertiary/aromatic N) is 2. The third-order valence-corrected chi connectivity index (χ3v) is 4.86. The highest BCUT2D eigenvalue weighted by Crippen LogP contribution is 2.31. The fourth-order valence-electron chi connectivity index (χ4n) is 2.38. The molecule has 3 heterocycles. The van der Waals surface area contributed by atoms with E-state index in [-0.39, 0.29) is 0 Å². The molecule has 0 bridgehead atoms. The molecular weight excluding hydrogens is 288 g/mol. The largest absolute Gasteiger partial charge is 0.386 e. The molecule has 3 rings (SSSR count). The maximum Gasteiger partial charge on any atom is 0.225 e. The van der Waals surface area contributed by atoms with Crippen LogP contribution in [0.3, 0.4) is 0 Å². The molecule has 114 valence electrons. The number of anilines is 2. The van der Waals surface area contributed by atoms with Crippen molar-refractivity contribution in [3.05, 3.63) is 10.9 Å². The highest BCUT2D eigenvalue weighted by Gasteiger charge is 2.32. The first-order chi connectivity index (χ1) is 10.1. The van der Waals surface area contributed by atoms with Gasteiger partial charge in [-0.2, -0.15) is 4.98 Å². The molecule has 1 unspecified atom stereocenters. The van der Waals surface area contributed by atoms with Gasteiger partial charge in [-0.3, -0.25) is 0 Å². The minimum atomic E-state index is -0.805. The summed E-state index contributed by atoms with van der Waals surface area (Å²) >= 11 is 1.68. The third kappa shape index (κ3) is 2.95. The minimum absolute atomic E-state index is 0.372. The molecule has 0 amide bonds. The fraction of sp³-hybridized carbons (Fsp3) is 0.571. The van der Waals surface area contributed by atoms with E-state index in [4.69, 9.17) is 4.74 Å². The monoisotopic (exact) mass is 308 g/mol. The number of aromatic nitrogens is 2. The lowest BCUT2D eigenvalue weighted by Gasteiger charge is -2.21. The smallest absolute Gasteiger partial charge is 0.225 e. The van der Waals surface area contributed by atoms with Crippen LogP contribution in [0.25, 0.3) is 10.2 Å². The number of thiophene rings is 1. The van der Waals surface area contributed by atoms with Crippen LogP contribution in [-0.2, 0) is 11.2 Å². The molecule has 0 radical (unpaired) electrons. The van der Waals surface area contributed by atoms with Crippen LogP contribution in [0.15, 0.2) is 6.07 Å². The summed E-state index contributed by atoms with van der Waals surface area (Å²) in [5, 5.41) is 17.6. The SMILES string of the molecule is CCc1cc2c(NCC3(O)CCOC3)nc(NC)nc2s1. The summed E-state index contributed by atoms with van der Waals surface area (Å²) in [6.45, 7) is 3.54. The lowest BCUT2D eigenvalue weighted by atomic mass is 10.0. The van der Waals surface area contributed by atoms with Gasteiger partial charge in [0.2, 0.25) is 5.95 Å². The molecule has 0 spiro atoms. The van der Waals surface area contributed by atoms with E-state index in [0.717, 1.165) is 22.5 Å². The van der Waals surface area contributed by atoms with Crippen LogP contribution in [0, 0.1) is 0 Å². The average molecular weight is 308 g/mol. The molecule has 1 fully saturated rings. The predicted octanol–water partition coefficient (Wildman–Crippen LogP) is 1.86. The zero-order valence-electron chi connectivity index (χ0n) is 12.3. The molecule has 0 aromatic carbocycles. The topological polar surface area (TPSA) is 79.3 Å². The summed E-state index contributed by atoms with van der Waals surface area (Å²) in [6, 6.07) is 2.12. The summed E-state index contributed by atoms with van der Waals surface area (Å²) in [7, 11) is 1.80. The zero-order chi connectivity index (χ0) is 14.9. The quantitative estimate of drug-likeness (QED) is 0.782. The summed E-state index contributed by atoms with van der Waals surface area (Å²) in [5.41, 5.74) is -0.805. The lowest BCUT2D eigenvalue weighted by Crippen LogP contribution is -2.37. The van der Waals surface area contributed by atoms with Gasteiger partial charge in [0.05, 0.1) is 12.0 Å². The van der Waals surface area contributed by atoms with Gasteiger partial charge in [0, 0.05) is 31.5 Å². The first-order valence-corrected chi connectivity index (χ1v) is 7.97. The Kier molecular flexibility index (Phi) is 3.97. The second kappa shape index (κ2) is 5.75. The minimum Gasteiger partial charge on any atom is -0.386 e. The van der Waals surface area contributed by atoms with E-state index in [9.17, 15) is 5.11 Å². The van der Waals surface area contributed by atoms with Crippen molar-refractivity contribution in [1.82, 2.24) is 9.97 Å². The molecule has 1 aliphatic rings. The molecule has 3 N–H and O–H groups in total. The van der Waals surface area contributed by atoms with Crippen molar-refractivity contribution >= 4 is 33.3 Å². The van der Waals surface area contributed by atoms with E-state index in [2.05, 4.69) is 33.6 Å². The second-order valence-electron chi connectivity index (χ2n) is 5.31. The van der Waals surface area contributed by atoms with Crippen molar-refractivity contribution in [2.24, 2.45) is 0 Å². The van der Waals surface area contributed by atoms with Gasteiger partial charge in [0.15, 0.2) is 0 Å². The molecule has 2 aromatic heterocycles. The van der Waals surface area contributed by atoms with E-state index in [1.54, 1.807) is 18.4 Å². The van der Waals surface area contributed by atoms with E-state index < -0.39 is 5.60 Å². The van der Waals surface area contributed by atoms with Crippen LogP contribution in [0.2, 0.25) is 0 Å². The Morgan fingerprint density at radius 1 is 1.48 bits per heavy atom. The van der Waals surface area contributed by atoms with Crippen LogP contribution in [0.5, 0.6) is 0 Å². The van der Waals surface area contributed by atoms with E-state index >= 15 is 0 Å². The van der Waals surface area contributed by atoms with Gasteiger partial charge >= 0.3 is 0 Å². The van der Waals surface area contributed by atoms with E-state index in [1.807, 2.05) is 0 Å². The van der Waals surface area contributed by atoms with Crippen LogP contribution in [0.4, 0.5) is 11.8 Å². The van der Waals surface area contributed by atoms with Gasteiger partial charge < -0.3 is 20.5 Å². The van der Waals surface area contributed by atoms with Crippen LogP contribution in [0.1, 0.15) is 18.2 Å². The molecule has 0 saturated carbocycles. The van der Waals surface area contributed by atoms with Gasteiger partial charge in [-0.1, -0.05) is 6.92 Å². The zero-order valence-corrected chi connectivity index (χ0v) is 13.1. The van der Waals surface area contributed by atoms with Crippen molar-refractivity contribution in [2.45, 2.75) is 25.4 Å². The third-order valence-electron chi connectivity index (χ3n) is 3.68. The molecule has 7 heteroatoms. The Bertz CT molecular complexity index is 637. The molecule has 21 heavy (non-hydrogen) atoms. The van der Waals surface area contributed by atoms with Crippen molar-refractivity contribution in [2.75, 3.05) is 37.4 Å². The van der Waals surface area contributed by atoms with E-state index in [1.165, 1.54) is 4.88 Å². The van der Waals surface area contributed by atoms with Crippen molar-refractivity contribution < 1.29 is 9.84 Å². The number of aryl methyl sites for hydroxylation is 1. The predicted molar refractivity (Wildman–Crippen MR) is 85.2 cm³/mol. The van der Waals surface area contributed by atoms with Crippen LogP contribution >= 0.6 is 11.3 Å². The van der Waals surface area contributed by atoms with Gasteiger partial charge in [0.1, 0.15) is 16.2 Å². The summed E-state index contributed by atoms with van der Waals surface area (Å²) in [5.74, 6) is 1.35. The number of ether oxygens (including phenoxy) is 1. The molecule has 1 aliphatic heterocycles. The van der Waals surface area contributed by atoms with E-state index in [0.29, 0.717) is 32.1 Å². The molecule has 1 atom stereocenters. The Balaban J connectivity index is 1.90. The van der Waals surface area contributed by atoms with Crippen molar-refractivity contribution in [3.63, 3.8) is 0 Å². The number of rotatable bonds is 5. The Morgan fingerprint density at radius 2 is 2.33 bits per heavy atom. The van der Waals surface area contributed by atoms with Crippen LogP contribution < -0.4 is 10.6 Å². The molecule has 0 aliphatic carbocycles. The highest BCUT2D eigenvalue weighted by molar-refractivity contribution is 7.18. The van der Waals surface area contributed by atoms with Gasteiger partial charge in [0.25, 0.3) is 0 Å². The summed E-state index contributed by atoms with van der Waals surface area (Å²) in [6.07, 6.45) is 1.63. The first-order valence-electron chi connectivity index (χ1n) is 7.16. The van der Waals surface area contributed by atoms with Crippen molar-refractivity contribution in [3.8, 4) is 0 Å². The number of hydrogen-bond acceptors (Lipinski definition) is 7. The molecule has 6 nitrogen and oxygen atoms in total. The standard InChI is InChI=1S/C14H20N4O2S/c1-3-9-6-10-11(16-7-14(19)4-5-20-8-14)17-13(15-2)18-12(10)21-9/h6,19H,3-5,7-8H2,1-2H3,(H2,15,16,17,18). The number of nitrogens with one attached hydrogen (secondary N) is 2. The van der Waals surface area contributed by atoms with Gasteiger partial charge in [-0.25, -0.2) is 4.98 Å². The van der Waals surface area contributed by atoms with Gasteiger partial charge in [-0.15, -0.1) is 11.3 Å². The highest BCUT2D eigenvalue weighted by atomic mass is 32.1. The molecular formula is C14H20N4O2S. The molecule has 1 saturated heterocycles.